The first-order chi connectivity index (χ1) is 18.7. The van der Waals surface area contributed by atoms with Crippen LogP contribution in [0.25, 0.3) is 10.9 Å². The van der Waals surface area contributed by atoms with Crippen LogP contribution in [0.4, 0.5) is 5.69 Å². The molecule has 12 heteroatoms. The molecular weight excluding hydrogens is 506 g/mol. The Hall–Kier alpha value is -4.99. The van der Waals surface area contributed by atoms with Gasteiger partial charge in [-0.25, -0.2) is 0 Å². The summed E-state index contributed by atoms with van der Waals surface area (Å²) in [5.74, 6) is -4.20. The second-order valence-electron chi connectivity index (χ2n) is 8.51. The molecule has 12 nitrogen and oxygen atoms in total. The highest BCUT2D eigenvalue weighted by Gasteiger charge is 2.31. The topological polar surface area (TPSA) is 186 Å². The molecule has 3 amide bonds. The van der Waals surface area contributed by atoms with Gasteiger partial charge in [-0.2, -0.15) is 0 Å². The van der Waals surface area contributed by atoms with Gasteiger partial charge in [0.2, 0.25) is 0 Å². The van der Waals surface area contributed by atoms with Gasteiger partial charge in [0.1, 0.15) is 6.04 Å². The number of benzene rings is 2. The number of aromatic nitrogens is 1. The molecular formula is C27H27N5O7. The van der Waals surface area contributed by atoms with E-state index >= 15 is 0 Å². The number of anilines is 1. The molecule has 0 saturated carbocycles. The number of nitrogens with zero attached hydrogens (tertiary/aromatic N) is 2. The Morgan fingerprint density at radius 3 is 2.15 bits per heavy atom. The number of piperazine rings is 1. The van der Waals surface area contributed by atoms with Gasteiger partial charge in [-0.05, 0) is 18.2 Å². The van der Waals surface area contributed by atoms with Crippen molar-refractivity contribution in [2.75, 3.05) is 31.5 Å². The lowest BCUT2D eigenvalue weighted by Gasteiger charge is -2.34. The second-order valence-corrected chi connectivity index (χ2v) is 8.51. The number of fused-ring (bicyclic) bond motifs is 1. The quantitative estimate of drug-likeness (QED) is 0.163. The molecule has 0 aliphatic carbocycles. The van der Waals surface area contributed by atoms with E-state index in [2.05, 4.69) is 23.1 Å². The summed E-state index contributed by atoms with van der Waals surface area (Å²) >= 11 is 0. The number of aliphatic hydroxyl groups excluding tert-OH is 1. The molecule has 1 aliphatic heterocycles. The number of carboxylic acid groups (broad SMARTS) is 1. The van der Waals surface area contributed by atoms with E-state index in [0.29, 0.717) is 16.5 Å². The average molecular weight is 534 g/mol. The fourth-order valence-electron chi connectivity index (χ4n) is 4.09. The minimum absolute atomic E-state index is 0.0849. The number of aromatic amines is 1. The normalized spacial score (nSPS) is 14.5. The predicted octanol–water partition coefficient (Wildman–Crippen LogP) is 0.296. The van der Waals surface area contributed by atoms with Crippen LogP contribution in [0, 0.1) is 12.8 Å². The van der Waals surface area contributed by atoms with Crippen molar-refractivity contribution in [2.45, 2.75) is 12.1 Å². The lowest BCUT2D eigenvalue weighted by Crippen LogP contribution is -2.52. The molecule has 2 heterocycles. The highest BCUT2D eigenvalue weighted by Crippen LogP contribution is 2.26. The predicted molar refractivity (Wildman–Crippen MR) is 142 cm³/mol. The van der Waals surface area contributed by atoms with E-state index in [9.17, 15) is 29.1 Å². The summed E-state index contributed by atoms with van der Waals surface area (Å²) in [6.45, 7) is 0.984. The maximum atomic E-state index is 13.1. The number of hydrogen-bond acceptors (Lipinski definition) is 7. The van der Waals surface area contributed by atoms with Crippen molar-refractivity contribution in [1.29, 1.82) is 0 Å². The summed E-state index contributed by atoms with van der Waals surface area (Å²) in [4.78, 5) is 67.7. The number of terminal acetylenes is 1. The molecule has 1 aliphatic rings. The minimum Gasteiger partial charge on any atom is -0.480 e. The third-order valence-electron chi connectivity index (χ3n) is 6.18. The Balaban J connectivity index is 0.00000205. The molecule has 3 aromatic rings. The molecule has 4 rings (SSSR count). The van der Waals surface area contributed by atoms with E-state index in [-0.39, 0.29) is 43.3 Å². The fourth-order valence-corrected chi connectivity index (χ4v) is 4.09. The van der Waals surface area contributed by atoms with E-state index in [1.165, 1.54) is 23.2 Å². The molecule has 2 unspecified atom stereocenters. The number of carbonyl (C=O) groups is 5. The van der Waals surface area contributed by atoms with Crippen LogP contribution < -0.4 is 11.1 Å². The standard InChI is InChI=1S/C25H25N5O7.C2H2/c26-18(25(36)37)21(32)22(33)28-17-8-4-7-15-16(13-27-19(15)17)20(31)24(35)30-11-9-29(10-12-30)23(34)14-5-2-1-3-6-14;1-2/h1-8,13,18,21,27,32H,9-12,26H2,(H,28,33)(H,36,37);1-2H. The highest BCUT2D eigenvalue weighted by atomic mass is 16.4. The van der Waals surface area contributed by atoms with Crippen LogP contribution in [0.2, 0.25) is 0 Å². The Bertz CT molecular complexity index is 1410. The first kappa shape index (κ1) is 28.6. The molecule has 6 N–H and O–H groups in total. The molecule has 1 aromatic heterocycles. The van der Waals surface area contributed by atoms with Gasteiger partial charge < -0.3 is 36.0 Å². The molecule has 39 heavy (non-hydrogen) atoms. The summed E-state index contributed by atoms with van der Waals surface area (Å²) in [5.41, 5.74) is 6.41. The lowest BCUT2D eigenvalue weighted by molar-refractivity contribution is -0.144. The lowest BCUT2D eigenvalue weighted by atomic mass is 10.1. The van der Waals surface area contributed by atoms with Gasteiger partial charge in [0.25, 0.3) is 23.5 Å². The van der Waals surface area contributed by atoms with E-state index in [1.807, 2.05) is 6.07 Å². The molecule has 0 radical (unpaired) electrons. The van der Waals surface area contributed by atoms with Gasteiger partial charge in [-0.1, -0.05) is 30.3 Å². The van der Waals surface area contributed by atoms with Crippen LogP contribution in [0.15, 0.2) is 54.7 Å². The smallest absolute Gasteiger partial charge is 0.323 e. The van der Waals surface area contributed by atoms with Gasteiger partial charge in [0, 0.05) is 43.3 Å². The number of nitrogens with one attached hydrogen (secondary N) is 2. The van der Waals surface area contributed by atoms with Crippen LogP contribution in [-0.4, -0.2) is 92.8 Å². The van der Waals surface area contributed by atoms with Gasteiger partial charge >= 0.3 is 5.97 Å². The largest absolute Gasteiger partial charge is 0.480 e. The number of H-pyrrole nitrogens is 1. The number of para-hydroxylation sites is 1. The van der Waals surface area contributed by atoms with Crippen molar-refractivity contribution >= 4 is 46.1 Å². The first-order valence-electron chi connectivity index (χ1n) is 11.8. The zero-order valence-corrected chi connectivity index (χ0v) is 20.7. The average Bonchev–Trinajstić information content (AvgIpc) is 3.42. The number of carboxylic acids is 1. The number of Topliss-reactive ketones (excluding diaryl/α,β-unsaturated/α-hetero) is 1. The maximum absolute atomic E-state index is 13.1. The third-order valence-corrected chi connectivity index (χ3v) is 6.18. The molecule has 2 atom stereocenters. The van der Waals surface area contributed by atoms with Gasteiger partial charge in [-0.3, -0.25) is 24.0 Å². The van der Waals surface area contributed by atoms with E-state index < -0.39 is 35.7 Å². The zero-order chi connectivity index (χ0) is 28.7. The van der Waals surface area contributed by atoms with Crippen molar-refractivity contribution in [3.05, 3.63) is 65.9 Å². The monoisotopic (exact) mass is 533 g/mol. The molecule has 0 spiro atoms. The number of aliphatic hydroxyl groups is 1. The number of carbonyl (C=O) groups excluding carboxylic acids is 4. The number of rotatable bonds is 7. The second kappa shape index (κ2) is 12.5. The van der Waals surface area contributed by atoms with Crippen LogP contribution in [0.5, 0.6) is 0 Å². The Labute approximate surface area is 223 Å². The third kappa shape index (κ3) is 6.12. The van der Waals surface area contributed by atoms with Crippen molar-refractivity contribution in [1.82, 2.24) is 14.8 Å². The zero-order valence-electron chi connectivity index (χ0n) is 20.7. The van der Waals surface area contributed by atoms with Crippen LogP contribution in [-0.2, 0) is 14.4 Å². The van der Waals surface area contributed by atoms with Crippen LogP contribution >= 0.6 is 0 Å². The van der Waals surface area contributed by atoms with Crippen LogP contribution in [0.3, 0.4) is 0 Å². The van der Waals surface area contributed by atoms with Crippen molar-refractivity contribution in [3.8, 4) is 12.8 Å². The van der Waals surface area contributed by atoms with Gasteiger partial charge in [0.05, 0.1) is 16.8 Å². The van der Waals surface area contributed by atoms with Gasteiger partial charge in [0.15, 0.2) is 6.10 Å². The van der Waals surface area contributed by atoms with E-state index in [4.69, 9.17) is 10.8 Å². The molecule has 0 bridgehead atoms. The van der Waals surface area contributed by atoms with E-state index in [0.717, 1.165) is 0 Å². The number of hydrogen-bond donors (Lipinski definition) is 5. The van der Waals surface area contributed by atoms with Gasteiger partial charge in [-0.15, -0.1) is 12.8 Å². The Morgan fingerprint density at radius 2 is 1.54 bits per heavy atom. The van der Waals surface area contributed by atoms with Crippen molar-refractivity contribution < 1.29 is 34.2 Å². The molecule has 202 valence electrons. The Morgan fingerprint density at radius 1 is 0.923 bits per heavy atom. The highest BCUT2D eigenvalue weighted by molar-refractivity contribution is 6.45. The van der Waals surface area contributed by atoms with Crippen molar-refractivity contribution in [3.63, 3.8) is 0 Å². The fraction of sp³-hybridized carbons (Fsp3) is 0.222. The van der Waals surface area contributed by atoms with E-state index in [1.54, 1.807) is 35.2 Å². The summed E-state index contributed by atoms with van der Waals surface area (Å²) < 4.78 is 0. The number of nitrogens with two attached hydrogens (primary N) is 1. The first-order valence-corrected chi connectivity index (χ1v) is 11.8. The number of amides is 3. The summed E-state index contributed by atoms with van der Waals surface area (Å²) in [7, 11) is 0. The summed E-state index contributed by atoms with van der Waals surface area (Å²) in [5, 5.41) is 21.5. The molecule has 1 saturated heterocycles. The number of aliphatic carboxylic acids is 1. The summed E-state index contributed by atoms with van der Waals surface area (Å²) in [6, 6.07) is 11.6. The minimum atomic E-state index is -2.00. The van der Waals surface area contributed by atoms with Crippen LogP contribution in [0.1, 0.15) is 20.7 Å². The van der Waals surface area contributed by atoms with Crippen molar-refractivity contribution in [2.24, 2.45) is 5.73 Å². The maximum Gasteiger partial charge on any atom is 0.323 e. The summed E-state index contributed by atoms with van der Waals surface area (Å²) in [6.07, 6.45) is 7.34. The molecule has 1 fully saturated rings. The number of ketones is 1. The molecule has 2 aromatic carbocycles. The SMILES string of the molecule is C#C.NC(C(=O)O)C(O)C(=O)Nc1cccc2c(C(=O)C(=O)N3CCN(C(=O)c4ccccc4)CC3)c[nH]c12. The Kier molecular flexibility index (Phi) is 9.16.